The summed E-state index contributed by atoms with van der Waals surface area (Å²) < 4.78 is 2.10. The Bertz CT molecular complexity index is 674. The van der Waals surface area contributed by atoms with Gasteiger partial charge in [-0.25, -0.2) is 0 Å². The Morgan fingerprint density at radius 3 is 2.62 bits per heavy atom. The molecule has 0 aliphatic rings. The largest absolute Gasteiger partial charge is 0.373 e. The van der Waals surface area contributed by atoms with Gasteiger partial charge in [0.05, 0.1) is 30.2 Å². The molecule has 2 N–H and O–H groups in total. The molecule has 0 radical (unpaired) electrons. The number of amides is 1. The van der Waals surface area contributed by atoms with Gasteiger partial charge in [-0.05, 0) is 43.9 Å². The van der Waals surface area contributed by atoms with E-state index in [2.05, 4.69) is 41.2 Å². The van der Waals surface area contributed by atoms with E-state index in [1.54, 1.807) is 0 Å². The molecule has 5 heteroatoms. The van der Waals surface area contributed by atoms with Crippen LogP contribution in [-0.2, 0) is 11.2 Å². The van der Waals surface area contributed by atoms with Gasteiger partial charge in [-0.15, -0.1) is 0 Å². The molecule has 24 heavy (non-hydrogen) atoms. The third-order valence-electron chi connectivity index (χ3n) is 4.26. The molecule has 0 atom stereocenters. The number of carbonyl (C=O) groups is 1. The molecule has 0 saturated heterocycles. The third-order valence-corrected chi connectivity index (χ3v) is 4.26. The lowest BCUT2D eigenvalue weighted by atomic mass is 10.1. The molecule has 0 spiro atoms. The van der Waals surface area contributed by atoms with Crippen LogP contribution in [0.15, 0.2) is 30.5 Å². The summed E-state index contributed by atoms with van der Waals surface area (Å²) in [6, 6.07) is 8.21. The Morgan fingerprint density at radius 2 is 2.00 bits per heavy atom. The number of anilines is 2. The third kappa shape index (κ3) is 4.37. The van der Waals surface area contributed by atoms with Crippen LogP contribution in [0.25, 0.3) is 0 Å². The van der Waals surface area contributed by atoms with Gasteiger partial charge in [-0.1, -0.05) is 32.9 Å². The number of benzene rings is 1. The Balaban J connectivity index is 2.00. The second kappa shape index (κ2) is 8.52. The van der Waals surface area contributed by atoms with Crippen molar-refractivity contribution in [2.45, 2.75) is 53.0 Å². The van der Waals surface area contributed by atoms with Gasteiger partial charge >= 0.3 is 0 Å². The standard InChI is InChI=1S/C19H28N4O/c1-5-16(6-2)23-18(7-3)17(12-21-23)20-13-19(24)22-15-10-8-9-14(4)11-15/h8-12,16,20H,5-7,13H2,1-4H3,(H,22,24). The average molecular weight is 328 g/mol. The van der Waals surface area contributed by atoms with Crippen molar-refractivity contribution in [1.82, 2.24) is 9.78 Å². The van der Waals surface area contributed by atoms with Crippen LogP contribution >= 0.6 is 0 Å². The highest BCUT2D eigenvalue weighted by atomic mass is 16.1. The van der Waals surface area contributed by atoms with Crippen LogP contribution in [0, 0.1) is 6.92 Å². The molecule has 1 aromatic carbocycles. The quantitative estimate of drug-likeness (QED) is 0.765. The van der Waals surface area contributed by atoms with Crippen LogP contribution in [0.3, 0.4) is 0 Å². The molecule has 2 aromatic rings. The van der Waals surface area contributed by atoms with Gasteiger partial charge in [0.15, 0.2) is 0 Å². The van der Waals surface area contributed by atoms with Gasteiger partial charge in [-0.3, -0.25) is 9.48 Å². The second-order valence-electron chi connectivity index (χ2n) is 6.04. The maximum Gasteiger partial charge on any atom is 0.243 e. The highest BCUT2D eigenvalue weighted by Crippen LogP contribution is 2.23. The van der Waals surface area contributed by atoms with Crippen LogP contribution in [0.5, 0.6) is 0 Å². The van der Waals surface area contributed by atoms with Gasteiger partial charge in [-0.2, -0.15) is 5.10 Å². The zero-order chi connectivity index (χ0) is 17.5. The number of nitrogens with zero attached hydrogens (tertiary/aromatic N) is 2. The maximum atomic E-state index is 12.1. The molecule has 130 valence electrons. The molecule has 2 rings (SSSR count). The van der Waals surface area contributed by atoms with E-state index in [0.717, 1.165) is 41.9 Å². The van der Waals surface area contributed by atoms with Gasteiger partial charge in [0, 0.05) is 5.69 Å². The molecule has 0 aliphatic heterocycles. The van der Waals surface area contributed by atoms with Gasteiger partial charge in [0.25, 0.3) is 0 Å². The first kappa shape index (κ1) is 18.0. The lowest BCUT2D eigenvalue weighted by Crippen LogP contribution is -2.22. The topological polar surface area (TPSA) is 59.0 Å². The normalized spacial score (nSPS) is 10.9. The fraction of sp³-hybridized carbons (Fsp3) is 0.474. The minimum atomic E-state index is -0.0575. The molecule has 5 nitrogen and oxygen atoms in total. The molecule has 0 fully saturated rings. The highest BCUT2D eigenvalue weighted by molar-refractivity contribution is 5.93. The number of hydrogen-bond donors (Lipinski definition) is 2. The summed E-state index contributed by atoms with van der Waals surface area (Å²) in [5.74, 6) is -0.0575. The van der Waals surface area contributed by atoms with Gasteiger partial charge < -0.3 is 10.6 Å². The number of aryl methyl sites for hydroxylation is 1. The molecular formula is C19H28N4O. The zero-order valence-electron chi connectivity index (χ0n) is 15.1. The van der Waals surface area contributed by atoms with E-state index >= 15 is 0 Å². The van der Waals surface area contributed by atoms with Gasteiger partial charge in [0.1, 0.15) is 0 Å². The van der Waals surface area contributed by atoms with Crippen LogP contribution in [-0.4, -0.2) is 22.2 Å². The van der Waals surface area contributed by atoms with Crippen molar-refractivity contribution >= 4 is 17.3 Å². The number of rotatable bonds is 8. The Kier molecular flexibility index (Phi) is 6.41. The van der Waals surface area contributed by atoms with Crippen LogP contribution in [0.2, 0.25) is 0 Å². The Hall–Kier alpha value is -2.30. The van der Waals surface area contributed by atoms with Crippen molar-refractivity contribution in [2.24, 2.45) is 0 Å². The van der Waals surface area contributed by atoms with E-state index in [1.165, 1.54) is 0 Å². The molecule has 1 aromatic heterocycles. The van der Waals surface area contributed by atoms with Crippen molar-refractivity contribution in [3.05, 3.63) is 41.7 Å². The summed E-state index contributed by atoms with van der Waals surface area (Å²) in [4.78, 5) is 12.1. The first-order valence-corrected chi connectivity index (χ1v) is 8.75. The van der Waals surface area contributed by atoms with Gasteiger partial charge in [0.2, 0.25) is 5.91 Å². The monoisotopic (exact) mass is 328 g/mol. The van der Waals surface area contributed by atoms with Crippen molar-refractivity contribution in [1.29, 1.82) is 0 Å². The predicted octanol–water partition coefficient (Wildman–Crippen LogP) is 4.17. The van der Waals surface area contributed by atoms with Crippen molar-refractivity contribution in [3.8, 4) is 0 Å². The lowest BCUT2D eigenvalue weighted by Gasteiger charge is -2.17. The second-order valence-corrected chi connectivity index (χ2v) is 6.04. The first-order chi connectivity index (χ1) is 11.6. The average Bonchev–Trinajstić information content (AvgIpc) is 2.97. The van der Waals surface area contributed by atoms with Crippen LogP contribution in [0.1, 0.15) is 50.9 Å². The molecule has 0 unspecified atom stereocenters. The molecule has 0 bridgehead atoms. The van der Waals surface area contributed by atoms with E-state index < -0.39 is 0 Å². The summed E-state index contributed by atoms with van der Waals surface area (Å²) in [7, 11) is 0. The molecular weight excluding hydrogens is 300 g/mol. The molecule has 0 saturated carbocycles. The zero-order valence-corrected chi connectivity index (χ0v) is 15.1. The highest BCUT2D eigenvalue weighted by Gasteiger charge is 2.15. The van der Waals surface area contributed by atoms with E-state index in [9.17, 15) is 4.79 Å². The van der Waals surface area contributed by atoms with Crippen LogP contribution in [0.4, 0.5) is 11.4 Å². The number of aromatic nitrogens is 2. The molecule has 1 amide bonds. The first-order valence-electron chi connectivity index (χ1n) is 8.75. The lowest BCUT2D eigenvalue weighted by molar-refractivity contribution is -0.114. The fourth-order valence-electron chi connectivity index (χ4n) is 2.94. The van der Waals surface area contributed by atoms with E-state index in [4.69, 9.17) is 0 Å². The number of nitrogens with one attached hydrogen (secondary N) is 2. The summed E-state index contributed by atoms with van der Waals surface area (Å²) in [5.41, 5.74) is 4.06. The molecule has 0 aliphatic carbocycles. The fourth-order valence-corrected chi connectivity index (χ4v) is 2.94. The number of carbonyl (C=O) groups excluding carboxylic acids is 1. The Morgan fingerprint density at radius 1 is 1.25 bits per heavy atom. The summed E-state index contributed by atoms with van der Waals surface area (Å²) >= 11 is 0. The van der Waals surface area contributed by atoms with E-state index in [0.29, 0.717) is 6.04 Å². The maximum absolute atomic E-state index is 12.1. The van der Waals surface area contributed by atoms with Crippen molar-refractivity contribution in [3.63, 3.8) is 0 Å². The predicted molar refractivity (Wildman–Crippen MR) is 99.5 cm³/mol. The summed E-state index contributed by atoms with van der Waals surface area (Å²) in [6.07, 6.45) is 4.83. The minimum absolute atomic E-state index is 0.0575. The summed E-state index contributed by atoms with van der Waals surface area (Å²) in [6.45, 7) is 8.71. The summed E-state index contributed by atoms with van der Waals surface area (Å²) in [5, 5.41) is 10.7. The van der Waals surface area contributed by atoms with E-state index in [1.807, 2.05) is 37.4 Å². The minimum Gasteiger partial charge on any atom is -0.373 e. The number of hydrogen-bond acceptors (Lipinski definition) is 3. The molecule has 1 heterocycles. The van der Waals surface area contributed by atoms with E-state index in [-0.39, 0.29) is 12.5 Å². The smallest absolute Gasteiger partial charge is 0.243 e. The van der Waals surface area contributed by atoms with Crippen molar-refractivity contribution < 1.29 is 4.79 Å². The van der Waals surface area contributed by atoms with Crippen molar-refractivity contribution in [2.75, 3.05) is 17.2 Å². The Labute approximate surface area is 144 Å². The SMILES string of the molecule is CCc1c(NCC(=O)Nc2cccc(C)c2)cnn1C(CC)CC. The van der Waals surface area contributed by atoms with Crippen LogP contribution < -0.4 is 10.6 Å².